The maximum Gasteiger partial charge on any atom is 0.339 e. The summed E-state index contributed by atoms with van der Waals surface area (Å²) in [6.45, 7) is -0.118. The SMILES string of the molecule is CN(CC(=O)Nc1ccc(Cl)cc1)C(=O)c1ccc2c(c1)C[C@@H](c1ccccc1)OC2=O. The number of nitrogens with zero attached hydrogens (tertiary/aromatic N) is 1. The normalized spacial score (nSPS) is 14.8. The monoisotopic (exact) mass is 448 g/mol. The minimum Gasteiger partial charge on any atom is -0.454 e. The first-order valence-corrected chi connectivity index (χ1v) is 10.5. The van der Waals surface area contributed by atoms with Gasteiger partial charge in [0.05, 0.1) is 12.1 Å². The van der Waals surface area contributed by atoms with Crippen molar-refractivity contribution in [2.45, 2.75) is 12.5 Å². The number of carbonyl (C=O) groups excluding carboxylic acids is 3. The van der Waals surface area contributed by atoms with Crippen LogP contribution < -0.4 is 5.32 Å². The molecule has 1 aliphatic heterocycles. The van der Waals surface area contributed by atoms with Crippen molar-refractivity contribution in [2.75, 3.05) is 18.9 Å². The molecule has 7 heteroatoms. The molecule has 32 heavy (non-hydrogen) atoms. The number of anilines is 1. The van der Waals surface area contributed by atoms with Gasteiger partial charge in [0.1, 0.15) is 6.10 Å². The highest BCUT2D eigenvalue weighted by molar-refractivity contribution is 6.30. The number of hydrogen-bond acceptors (Lipinski definition) is 4. The molecule has 4 rings (SSSR count). The number of rotatable bonds is 5. The highest BCUT2D eigenvalue weighted by Crippen LogP contribution is 2.31. The average Bonchev–Trinajstić information content (AvgIpc) is 2.80. The summed E-state index contributed by atoms with van der Waals surface area (Å²) >= 11 is 5.85. The minimum atomic E-state index is -0.408. The molecule has 6 nitrogen and oxygen atoms in total. The fraction of sp³-hybridized carbons (Fsp3) is 0.160. The highest BCUT2D eigenvalue weighted by Gasteiger charge is 2.28. The fourth-order valence-electron chi connectivity index (χ4n) is 3.62. The third-order valence-electron chi connectivity index (χ3n) is 5.25. The zero-order valence-electron chi connectivity index (χ0n) is 17.4. The molecule has 162 valence electrons. The molecule has 1 N–H and O–H groups in total. The average molecular weight is 449 g/mol. The van der Waals surface area contributed by atoms with Crippen LogP contribution in [0.5, 0.6) is 0 Å². The first-order valence-electron chi connectivity index (χ1n) is 10.1. The third-order valence-corrected chi connectivity index (χ3v) is 5.51. The van der Waals surface area contributed by atoms with Crippen molar-refractivity contribution in [3.63, 3.8) is 0 Å². The molecule has 0 fully saturated rings. The minimum absolute atomic E-state index is 0.118. The molecule has 1 heterocycles. The number of nitrogens with one attached hydrogen (secondary N) is 1. The number of carbonyl (C=O) groups is 3. The van der Waals surface area contributed by atoms with E-state index in [2.05, 4.69) is 5.32 Å². The quantitative estimate of drug-likeness (QED) is 0.583. The van der Waals surface area contributed by atoms with Crippen LogP contribution in [0.2, 0.25) is 5.02 Å². The number of benzene rings is 3. The number of ether oxygens (including phenoxy) is 1. The smallest absolute Gasteiger partial charge is 0.339 e. The Hall–Kier alpha value is -3.64. The van der Waals surface area contributed by atoms with Gasteiger partial charge in [0, 0.05) is 29.7 Å². The van der Waals surface area contributed by atoms with Gasteiger partial charge in [-0.05, 0) is 53.6 Å². The first kappa shape index (κ1) is 21.6. The second-order valence-corrected chi connectivity index (χ2v) is 8.03. The van der Waals surface area contributed by atoms with E-state index in [-0.39, 0.29) is 18.4 Å². The Kier molecular flexibility index (Phi) is 6.23. The van der Waals surface area contributed by atoms with E-state index in [0.717, 1.165) is 11.1 Å². The van der Waals surface area contributed by atoms with E-state index in [1.807, 2.05) is 30.3 Å². The Morgan fingerprint density at radius 2 is 1.78 bits per heavy atom. The first-order chi connectivity index (χ1) is 15.4. The summed E-state index contributed by atoms with van der Waals surface area (Å²) in [7, 11) is 1.56. The number of cyclic esters (lactones) is 1. The van der Waals surface area contributed by atoms with Gasteiger partial charge in [0.2, 0.25) is 5.91 Å². The highest BCUT2D eigenvalue weighted by atomic mass is 35.5. The van der Waals surface area contributed by atoms with E-state index >= 15 is 0 Å². The molecule has 0 saturated heterocycles. The molecule has 0 radical (unpaired) electrons. The van der Waals surface area contributed by atoms with Crippen LogP contribution >= 0.6 is 11.6 Å². The summed E-state index contributed by atoms with van der Waals surface area (Å²) in [4.78, 5) is 39.0. The van der Waals surface area contributed by atoms with Crippen LogP contribution in [0.1, 0.15) is 37.9 Å². The van der Waals surface area contributed by atoms with Crippen molar-refractivity contribution in [1.82, 2.24) is 4.90 Å². The second kappa shape index (κ2) is 9.24. The predicted molar refractivity (Wildman–Crippen MR) is 122 cm³/mol. The van der Waals surface area contributed by atoms with Gasteiger partial charge < -0.3 is 15.0 Å². The molecule has 0 bridgehead atoms. The number of fused-ring (bicyclic) bond motifs is 1. The van der Waals surface area contributed by atoms with Crippen LogP contribution in [-0.4, -0.2) is 36.3 Å². The summed E-state index contributed by atoms with van der Waals surface area (Å²) < 4.78 is 5.57. The van der Waals surface area contributed by atoms with Gasteiger partial charge in [0.25, 0.3) is 5.91 Å². The number of likely N-dealkylation sites (N-methyl/N-ethyl adjacent to an activating group) is 1. The molecule has 0 aromatic heterocycles. The van der Waals surface area contributed by atoms with Gasteiger partial charge in [-0.25, -0.2) is 4.79 Å². The molecule has 3 aromatic rings. The van der Waals surface area contributed by atoms with Crippen LogP contribution in [0.3, 0.4) is 0 Å². The molecule has 0 spiro atoms. The molecule has 0 aliphatic carbocycles. The second-order valence-electron chi connectivity index (χ2n) is 7.60. The summed E-state index contributed by atoms with van der Waals surface area (Å²) in [6, 6.07) is 21.1. The number of amides is 2. The van der Waals surface area contributed by atoms with Gasteiger partial charge in [-0.1, -0.05) is 41.9 Å². The zero-order valence-corrected chi connectivity index (χ0v) is 18.1. The summed E-state index contributed by atoms with van der Waals surface area (Å²) in [5.41, 5.74) is 3.11. The molecule has 3 aromatic carbocycles. The lowest BCUT2D eigenvalue weighted by atomic mass is 9.93. The largest absolute Gasteiger partial charge is 0.454 e. The van der Waals surface area contributed by atoms with Crippen LogP contribution in [-0.2, 0) is 16.0 Å². The van der Waals surface area contributed by atoms with Crippen LogP contribution in [0, 0.1) is 0 Å². The number of halogens is 1. The van der Waals surface area contributed by atoms with Crippen LogP contribution in [0.25, 0.3) is 0 Å². The zero-order chi connectivity index (χ0) is 22.7. The van der Waals surface area contributed by atoms with Crippen LogP contribution in [0.4, 0.5) is 5.69 Å². The summed E-state index contributed by atoms with van der Waals surface area (Å²) in [6.07, 6.45) is 0.0805. The Labute approximate surface area is 190 Å². The topological polar surface area (TPSA) is 75.7 Å². The van der Waals surface area contributed by atoms with Crippen molar-refractivity contribution in [3.8, 4) is 0 Å². The number of hydrogen-bond donors (Lipinski definition) is 1. The number of esters is 1. The van der Waals surface area contributed by atoms with Gasteiger partial charge in [-0.3, -0.25) is 9.59 Å². The van der Waals surface area contributed by atoms with Crippen molar-refractivity contribution >= 4 is 35.1 Å². The Balaban J connectivity index is 1.45. The van der Waals surface area contributed by atoms with Gasteiger partial charge in [-0.2, -0.15) is 0 Å². The lowest BCUT2D eigenvalue weighted by molar-refractivity contribution is -0.116. The lowest BCUT2D eigenvalue weighted by Gasteiger charge is -2.26. The van der Waals surface area contributed by atoms with E-state index in [4.69, 9.17) is 16.3 Å². The maximum atomic E-state index is 12.9. The predicted octanol–water partition coefficient (Wildman–Crippen LogP) is 4.50. The Bertz CT molecular complexity index is 1160. The fourth-order valence-corrected chi connectivity index (χ4v) is 3.75. The molecule has 2 amide bonds. The van der Waals surface area contributed by atoms with Crippen molar-refractivity contribution in [3.05, 3.63) is 100 Å². The van der Waals surface area contributed by atoms with Crippen molar-refractivity contribution in [1.29, 1.82) is 0 Å². The third kappa shape index (κ3) is 4.81. The molecule has 1 aliphatic rings. The van der Waals surface area contributed by atoms with Crippen molar-refractivity contribution < 1.29 is 19.1 Å². The Morgan fingerprint density at radius 3 is 2.50 bits per heavy atom. The molecule has 0 unspecified atom stereocenters. The molecule has 1 atom stereocenters. The lowest BCUT2D eigenvalue weighted by Crippen LogP contribution is -2.35. The van der Waals surface area contributed by atoms with E-state index in [0.29, 0.717) is 28.3 Å². The van der Waals surface area contributed by atoms with E-state index in [1.165, 1.54) is 4.90 Å². The maximum absolute atomic E-state index is 12.9. The summed E-state index contributed by atoms with van der Waals surface area (Å²) in [5.74, 6) is -1.04. The van der Waals surface area contributed by atoms with E-state index in [9.17, 15) is 14.4 Å². The molecular weight excluding hydrogens is 428 g/mol. The summed E-state index contributed by atoms with van der Waals surface area (Å²) in [5, 5.41) is 3.30. The Morgan fingerprint density at radius 1 is 1.06 bits per heavy atom. The van der Waals surface area contributed by atoms with Crippen LogP contribution in [0.15, 0.2) is 72.8 Å². The standard InChI is InChI=1S/C25H21ClN2O4/c1-28(15-23(29)27-20-10-8-19(26)9-11-20)24(30)17-7-12-21-18(13-17)14-22(32-25(21)31)16-5-3-2-4-6-16/h2-13,22H,14-15H2,1H3,(H,27,29)/t22-/m0/s1. The van der Waals surface area contributed by atoms with Gasteiger partial charge in [0.15, 0.2) is 0 Å². The van der Waals surface area contributed by atoms with E-state index in [1.54, 1.807) is 49.5 Å². The molecule has 0 saturated carbocycles. The van der Waals surface area contributed by atoms with Gasteiger partial charge in [-0.15, -0.1) is 0 Å². The molecular formula is C25H21ClN2O4. The van der Waals surface area contributed by atoms with Gasteiger partial charge >= 0.3 is 5.97 Å². The van der Waals surface area contributed by atoms with E-state index < -0.39 is 12.1 Å². The van der Waals surface area contributed by atoms with Crippen molar-refractivity contribution in [2.24, 2.45) is 0 Å².